The summed E-state index contributed by atoms with van der Waals surface area (Å²) in [6.45, 7) is 7.55. The van der Waals surface area contributed by atoms with Gasteiger partial charge < -0.3 is 14.8 Å². The largest absolute Gasteiger partial charge is 0.356 e. The summed E-state index contributed by atoms with van der Waals surface area (Å²) in [5.74, 6) is 1.64. The number of hydrogen-bond donors (Lipinski definition) is 1. The molecule has 0 aliphatic rings. The predicted octanol–water partition coefficient (Wildman–Crippen LogP) is 1.90. The molecule has 0 spiro atoms. The molecule has 1 aromatic rings. The van der Waals surface area contributed by atoms with E-state index in [-0.39, 0.29) is 0 Å². The fourth-order valence-electron chi connectivity index (χ4n) is 1.61. The number of hydrogen-bond acceptors (Lipinski definition) is 3. The molecule has 4 heteroatoms. The molecule has 16 heavy (non-hydrogen) atoms. The zero-order valence-corrected chi connectivity index (χ0v) is 10.9. The normalized spacial score (nSPS) is 11.4. The molecule has 1 heterocycles. The molecule has 0 amide bonds. The van der Waals surface area contributed by atoms with Gasteiger partial charge in [0.15, 0.2) is 0 Å². The second kappa shape index (κ2) is 6.53. The first-order valence-corrected chi connectivity index (χ1v) is 5.99. The van der Waals surface area contributed by atoms with Gasteiger partial charge in [-0.05, 0) is 33.0 Å². The van der Waals surface area contributed by atoms with E-state index in [0.717, 1.165) is 32.0 Å². The average molecular weight is 224 g/mol. The van der Waals surface area contributed by atoms with Crippen LogP contribution in [0.1, 0.15) is 20.3 Å². The third kappa shape index (κ3) is 4.66. The van der Waals surface area contributed by atoms with Crippen LogP contribution in [0.4, 0.5) is 5.95 Å². The molecule has 0 bridgehead atoms. The van der Waals surface area contributed by atoms with Gasteiger partial charge in [0, 0.05) is 25.5 Å². The van der Waals surface area contributed by atoms with Gasteiger partial charge in [-0.15, -0.1) is 0 Å². The zero-order valence-electron chi connectivity index (χ0n) is 10.9. The summed E-state index contributed by atoms with van der Waals surface area (Å²) in [5, 5.41) is 3.38. The number of imidazole rings is 1. The van der Waals surface area contributed by atoms with Gasteiger partial charge in [-0.3, -0.25) is 0 Å². The Morgan fingerprint density at radius 3 is 2.81 bits per heavy atom. The van der Waals surface area contributed by atoms with Crippen molar-refractivity contribution in [3.63, 3.8) is 0 Å². The first-order chi connectivity index (χ1) is 7.59. The second-order valence-corrected chi connectivity index (χ2v) is 4.88. The molecule has 1 N–H and O–H groups in total. The van der Waals surface area contributed by atoms with Crippen LogP contribution in [0.25, 0.3) is 0 Å². The third-order valence-electron chi connectivity index (χ3n) is 2.34. The molecular weight excluding hydrogens is 200 g/mol. The van der Waals surface area contributed by atoms with Crippen LogP contribution >= 0.6 is 0 Å². The van der Waals surface area contributed by atoms with Crippen molar-refractivity contribution in [3.05, 3.63) is 12.4 Å². The highest BCUT2D eigenvalue weighted by Gasteiger charge is 2.03. The lowest BCUT2D eigenvalue weighted by molar-refractivity contribution is 0.405. The van der Waals surface area contributed by atoms with Gasteiger partial charge in [-0.25, -0.2) is 4.98 Å². The smallest absolute Gasteiger partial charge is 0.202 e. The summed E-state index contributed by atoms with van der Waals surface area (Å²) in [7, 11) is 4.19. The molecule has 1 rings (SSSR count). The molecule has 0 aliphatic carbocycles. The monoisotopic (exact) mass is 224 g/mol. The number of rotatable bonds is 7. The Morgan fingerprint density at radius 2 is 2.19 bits per heavy atom. The lowest BCUT2D eigenvalue weighted by atomic mass is 10.2. The minimum Gasteiger partial charge on any atom is -0.356 e. The molecule has 0 saturated heterocycles. The standard InChI is InChI=1S/C12H24N4/c1-11(2)10-16-9-7-14-12(16)13-6-5-8-15(3)4/h7,9,11H,5-6,8,10H2,1-4H3,(H,13,14). The van der Waals surface area contributed by atoms with E-state index < -0.39 is 0 Å². The van der Waals surface area contributed by atoms with Crippen LogP contribution in [0.15, 0.2) is 12.4 Å². The summed E-state index contributed by atoms with van der Waals surface area (Å²) >= 11 is 0. The van der Waals surface area contributed by atoms with E-state index in [2.05, 4.69) is 47.7 Å². The van der Waals surface area contributed by atoms with E-state index in [1.807, 2.05) is 12.4 Å². The lowest BCUT2D eigenvalue weighted by Gasteiger charge is -2.13. The molecule has 0 aliphatic heterocycles. The van der Waals surface area contributed by atoms with Crippen molar-refractivity contribution in [2.75, 3.05) is 32.5 Å². The number of nitrogens with zero attached hydrogens (tertiary/aromatic N) is 3. The SMILES string of the molecule is CC(C)Cn1ccnc1NCCCN(C)C. The van der Waals surface area contributed by atoms with E-state index in [9.17, 15) is 0 Å². The van der Waals surface area contributed by atoms with Crippen LogP contribution < -0.4 is 5.32 Å². The molecule has 0 fully saturated rings. The molecular formula is C12H24N4. The molecule has 0 unspecified atom stereocenters. The zero-order chi connectivity index (χ0) is 12.0. The Kier molecular flexibility index (Phi) is 5.32. The van der Waals surface area contributed by atoms with Crippen molar-refractivity contribution in [2.45, 2.75) is 26.8 Å². The van der Waals surface area contributed by atoms with Crippen LogP contribution in [0, 0.1) is 5.92 Å². The van der Waals surface area contributed by atoms with Crippen LogP contribution in [0.2, 0.25) is 0 Å². The summed E-state index contributed by atoms with van der Waals surface area (Å²) in [5.41, 5.74) is 0. The summed E-state index contributed by atoms with van der Waals surface area (Å²) in [6.07, 6.45) is 5.03. The maximum atomic E-state index is 4.32. The van der Waals surface area contributed by atoms with Gasteiger partial charge in [0.25, 0.3) is 0 Å². The van der Waals surface area contributed by atoms with Crippen molar-refractivity contribution in [1.29, 1.82) is 0 Å². The minimum absolute atomic E-state index is 0.650. The van der Waals surface area contributed by atoms with Gasteiger partial charge >= 0.3 is 0 Å². The molecule has 0 atom stereocenters. The highest BCUT2D eigenvalue weighted by atomic mass is 15.2. The molecule has 0 aromatic carbocycles. The van der Waals surface area contributed by atoms with Crippen molar-refractivity contribution >= 4 is 5.95 Å². The predicted molar refractivity (Wildman–Crippen MR) is 68.7 cm³/mol. The second-order valence-electron chi connectivity index (χ2n) is 4.88. The van der Waals surface area contributed by atoms with Crippen molar-refractivity contribution in [2.24, 2.45) is 5.92 Å². The number of anilines is 1. The third-order valence-corrected chi connectivity index (χ3v) is 2.34. The Hall–Kier alpha value is -1.03. The van der Waals surface area contributed by atoms with Gasteiger partial charge in [0.1, 0.15) is 0 Å². The topological polar surface area (TPSA) is 33.1 Å². The molecule has 1 aromatic heterocycles. The van der Waals surface area contributed by atoms with Gasteiger partial charge in [0.05, 0.1) is 0 Å². The Bertz CT molecular complexity index is 291. The fourth-order valence-corrected chi connectivity index (χ4v) is 1.61. The van der Waals surface area contributed by atoms with Gasteiger partial charge in [-0.1, -0.05) is 13.8 Å². The highest BCUT2D eigenvalue weighted by Crippen LogP contribution is 2.07. The summed E-state index contributed by atoms with van der Waals surface area (Å²) < 4.78 is 2.18. The quantitative estimate of drug-likeness (QED) is 0.718. The van der Waals surface area contributed by atoms with E-state index >= 15 is 0 Å². The molecule has 92 valence electrons. The maximum Gasteiger partial charge on any atom is 0.202 e. The maximum absolute atomic E-state index is 4.32. The molecule has 4 nitrogen and oxygen atoms in total. The Morgan fingerprint density at radius 1 is 1.44 bits per heavy atom. The minimum atomic E-state index is 0.650. The van der Waals surface area contributed by atoms with E-state index in [4.69, 9.17) is 0 Å². The fraction of sp³-hybridized carbons (Fsp3) is 0.750. The summed E-state index contributed by atoms with van der Waals surface area (Å²) in [4.78, 5) is 6.52. The number of aromatic nitrogens is 2. The number of nitrogens with one attached hydrogen (secondary N) is 1. The van der Waals surface area contributed by atoms with Crippen molar-refractivity contribution in [3.8, 4) is 0 Å². The van der Waals surface area contributed by atoms with Crippen LogP contribution in [-0.2, 0) is 6.54 Å². The van der Waals surface area contributed by atoms with E-state index in [1.165, 1.54) is 0 Å². The van der Waals surface area contributed by atoms with E-state index in [1.54, 1.807) is 0 Å². The first kappa shape index (κ1) is 13.0. The average Bonchev–Trinajstić information content (AvgIpc) is 2.59. The molecule has 0 radical (unpaired) electrons. The van der Waals surface area contributed by atoms with Crippen LogP contribution in [0.5, 0.6) is 0 Å². The highest BCUT2D eigenvalue weighted by molar-refractivity contribution is 5.25. The van der Waals surface area contributed by atoms with Crippen LogP contribution in [0.3, 0.4) is 0 Å². The van der Waals surface area contributed by atoms with Crippen molar-refractivity contribution in [1.82, 2.24) is 14.5 Å². The van der Waals surface area contributed by atoms with E-state index in [0.29, 0.717) is 5.92 Å². The van der Waals surface area contributed by atoms with Gasteiger partial charge in [0.2, 0.25) is 5.95 Å². The van der Waals surface area contributed by atoms with Gasteiger partial charge in [-0.2, -0.15) is 0 Å². The molecule has 0 saturated carbocycles. The first-order valence-electron chi connectivity index (χ1n) is 5.99. The summed E-state index contributed by atoms with van der Waals surface area (Å²) in [6, 6.07) is 0. The Labute approximate surface area is 98.7 Å². The van der Waals surface area contributed by atoms with Crippen LogP contribution in [-0.4, -0.2) is 41.6 Å². The Balaban J connectivity index is 2.33. The lowest BCUT2D eigenvalue weighted by Crippen LogP contribution is -2.18. The van der Waals surface area contributed by atoms with Crippen molar-refractivity contribution < 1.29 is 0 Å².